The van der Waals surface area contributed by atoms with Crippen molar-refractivity contribution in [1.82, 2.24) is 5.32 Å². The van der Waals surface area contributed by atoms with Crippen molar-refractivity contribution in [2.24, 2.45) is 0 Å². The van der Waals surface area contributed by atoms with E-state index in [0.29, 0.717) is 18.5 Å². The lowest BCUT2D eigenvalue weighted by molar-refractivity contribution is -0.142. The smallest absolute Gasteiger partial charge is 0.322 e. The predicted molar refractivity (Wildman–Crippen MR) is 57.6 cm³/mol. The van der Waals surface area contributed by atoms with Gasteiger partial charge in [0.15, 0.2) is 0 Å². The molecule has 1 fully saturated rings. The molecule has 0 aliphatic carbocycles. The maximum Gasteiger partial charge on any atom is 0.322 e. The van der Waals surface area contributed by atoms with Gasteiger partial charge in [0.25, 0.3) is 0 Å². The highest BCUT2D eigenvalue weighted by molar-refractivity contribution is 5.76. The molecule has 4 heteroatoms. The van der Waals surface area contributed by atoms with Crippen LogP contribution >= 0.6 is 0 Å². The van der Waals surface area contributed by atoms with Gasteiger partial charge in [-0.25, -0.2) is 4.39 Å². The van der Waals surface area contributed by atoms with Crippen molar-refractivity contribution in [3.8, 4) is 0 Å². The van der Waals surface area contributed by atoms with Gasteiger partial charge in [0, 0.05) is 12.5 Å². The molecule has 1 aromatic rings. The van der Waals surface area contributed by atoms with E-state index in [0.717, 1.165) is 0 Å². The van der Waals surface area contributed by atoms with Gasteiger partial charge in [0.1, 0.15) is 11.9 Å². The number of carbonyl (C=O) groups excluding carboxylic acids is 1. The van der Waals surface area contributed by atoms with Gasteiger partial charge in [-0.3, -0.25) is 4.79 Å². The highest BCUT2D eigenvalue weighted by Gasteiger charge is 2.31. The van der Waals surface area contributed by atoms with Crippen LogP contribution in [0.2, 0.25) is 0 Å². The number of esters is 1. The fourth-order valence-electron chi connectivity index (χ4n) is 2.10. The molecule has 0 aromatic heterocycles. The lowest BCUT2D eigenvalue weighted by Crippen LogP contribution is -2.31. The third-order valence-electron chi connectivity index (χ3n) is 2.96. The average molecular weight is 223 g/mol. The van der Waals surface area contributed by atoms with Crippen LogP contribution in [0.1, 0.15) is 17.9 Å². The van der Waals surface area contributed by atoms with Crippen LogP contribution in [0.15, 0.2) is 24.3 Å². The van der Waals surface area contributed by atoms with Gasteiger partial charge in [0.2, 0.25) is 0 Å². The van der Waals surface area contributed by atoms with Crippen molar-refractivity contribution < 1.29 is 13.9 Å². The molecule has 1 aromatic carbocycles. The van der Waals surface area contributed by atoms with Gasteiger partial charge in [0.05, 0.1) is 7.11 Å². The second-order valence-electron chi connectivity index (χ2n) is 3.94. The number of hydrogen-bond acceptors (Lipinski definition) is 3. The van der Waals surface area contributed by atoms with Gasteiger partial charge in [-0.05, 0) is 18.1 Å². The van der Waals surface area contributed by atoms with E-state index < -0.39 is 0 Å². The Hall–Kier alpha value is -1.42. The van der Waals surface area contributed by atoms with Crippen LogP contribution in [-0.2, 0) is 9.53 Å². The van der Waals surface area contributed by atoms with E-state index in [9.17, 15) is 9.18 Å². The summed E-state index contributed by atoms with van der Waals surface area (Å²) in [4.78, 5) is 11.3. The zero-order valence-electron chi connectivity index (χ0n) is 9.07. The number of methoxy groups -OCH3 is 1. The van der Waals surface area contributed by atoms with Crippen molar-refractivity contribution in [3.63, 3.8) is 0 Å². The lowest BCUT2D eigenvalue weighted by atomic mass is 9.96. The molecular weight excluding hydrogens is 209 g/mol. The third kappa shape index (κ3) is 2.07. The SMILES string of the molecule is COC(=O)C1CC(c2ccccc2F)CN1. The Balaban J connectivity index is 2.09. The number of rotatable bonds is 2. The maximum atomic E-state index is 13.5. The Labute approximate surface area is 93.6 Å². The summed E-state index contributed by atoms with van der Waals surface area (Å²) in [5.41, 5.74) is 0.668. The highest BCUT2D eigenvalue weighted by Crippen LogP contribution is 2.27. The molecule has 16 heavy (non-hydrogen) atoms. The molecule has 86 valence electrons. The Bertz CT molecular complexity index is 394. The maximum absolute atomic E-state index is 13.5. The summed E-state index contributed by atoms with van der Waals surface area (Å²) in [7, 11) is 1.36. The Morgan fingerprint density at radius 2 is 2.25 bits per heavy atom. The number of ether oxygens (including phenoxy) is 1. The van der Waals surface area contributed by atoms with Crippen LogP contribution in [-0.4, -0.2) is 25.7 Å². The van der Waals surface area contributed by atoms with Crippen LogP contribution in [0.3, 0.4) is 0 Å². The second kappa shape index (κ2) is 4.61. The number of nitrogens with one attached hydrogen (secondary N) is 1. The number of hydrogen-bond donors (Lipinski definition) is 1. The van der Waals surface area contributed by atoms with Crippen LogP contribution in [0.5, 0.6) is 0 Å². The van der Waals surface area contributed by atoms with E-state index in [2.05, 4.69) is 10.1 Å². The number of benzene rings is 1. The van der Waals surface area contributed by atoms with Gasteiger partial charge < -0.3 is 10.1 Å². The zero-order chi connectivity index (χ0) is 11.5. The molecule has 0 amide bonds. The molecule has 1 aliphatic rings. The minimum absolute atomic E-state index is 0.0466. The third-order valence-corrected chi connectivity index (χ3v) is 2.96. The molecular formula is C12H14FNO2. The zero-order valence-corrected chi connectivity index (χ0v) is 9.07. The minimum atomic E-state index is -0.311. The van der Waals surface area contributed by atoms with Gasteiger partial charge in [-0.2, -0.15) is 0 Å². The highest BCUT2D eigenvalue weighted by atomic mass is 19.1. The molecule has 0 radical (unpaired) electrons. The van der Waals surface area contributed by atoms with E-state index in [4.69, 9.17) is 0 Å². The van der Waals surface area contributed by atoms with Crippen molar-refractivity contribution in [3.05, 3.63) is 35.6 Å². The van der Waals surface area contributed by atoms with E-state index in [1.54, 1.807) is 12.1 Å². The molecule has 1 aliphatic heterocycles. The number of halogens is 1. The van der Waals surface area contributed by atoms with Gasteiger partial charge >= 0.3 is 5.97 Å². The largest absolute Gasteiger partial charge is 0.468 e. The predicted octanol–water partition coefficient (Wildman–Crippen LogP) is 1.44. The lowest BCUT2D eigenvalue weighted by Gasteiger charge is -2.10. The second-order valence-corrected chi connectivity index (χ2v) is 3.94. The van der Waals surface area contributed by atoms with Crippen molar-refractivity contribution >= 4 is 5.97 Å². The molecule has 2 unspecified atom stereocenters. The minimum Gasteiger partial charge on any atom is -0.468 e. The Morgan fingerprint density at radius 1 is 1.50 bits per heavy atom. The summed E-state index contributed by atoms with van der Waals surface area (Å²) in [6.07, 6.45) is 0.591. The summed E-state index contributed by atoms with van der Waals surface area (Å²) in [6.45, 7) is 0.612. The Kier molecular flexibility index (Phi) is 3.19. The fraction of sp³-hybridized carbons (Fsp3) is 0.417. The molecule has 0 bridgehead atoms. The molecule has 2 rings (SSSR count). The van der Waals surface area contributed by atoms with E-state index in [1.165, 1.54) is 13.2 Å². The van der Waals surface area contributed by atoms with Gasteiger partial charge in [-0.15, -0.1) is 0 Å². The topological polar surface area (TPSA) is 38.3 Å². The summed E-state index contributed by atoms with van der Waals surface area (Å²) in [6, 6.07) is 6.37. The Morgan fingerprint density at radius 3 is 2.94 bits per heavy atom. The van der Waals surface area contributed by atoms with Crippen molar-refractivity contribution in [1.29, 1.82) is 0 Å². The van der Waals surface area contributed by atoms with E-state index >= 15 is 0 Å². The van der Waals surface area contributed by atoms with Crippen LogP contribution < -0.4 is 5.32 Å². The number of carbonyl (C=O) groups is 1. The first-order valence-electron chi connectivity index (χ1n) is 5.28. The molecule has 0 spiro atoms. The molecule has 1 heterocycles. The van der Waals surface area contributed by atoms with E-state index in [-0.39, 0.29) is 23.7 Å². The first kappa shape index (κ1) is 11.1. The van der Waals surface area contributed by atoms with E-state index in [1.807, 2.05) is 6.07 Å². The van der Waals surface area contributed by atoms with Crippen LogP contribution in [0.4, 0.5) is 4.39 Å². The quantitative estimate of drug-likeness (QED) is 0.771. The first-order valence-corrected chi connectivity index (χ1v) is 5.28. The average Bonchev–Trinajstić information content (AvgIpc) is 2.78. The normalized spacial score (nSPS) is 24.4. The molecule has 0 saturated carbocycles. The van der Waals surface area contributed by atoms with Gasteiger partial charge in [-0.1, -0.05) is 18.2 Å². The summed E-state index contributed by atoms with van der Waals surface area (Å²) in [5.74, 6) is -0.441. The summed E-state index contributed by atoms with van der Waals surface area (Å²) in [5, 5.41) is 3.04. The molecule has 3 nitrogen and oxygen atoms in total. The summed E-state index contributed by atoms with van der Waals surface area (Å²) < 4.78 is 18.2. The van der Waals surface area contributed by atoms with Crippen molar-refractivity contribution in [2.45, 2.75) is 18.4 Å². The van der Waals surface area contributed by atoms with Crippen molar-refractivity contribution in [2.75, 3.05) is 13.7 Å². The standard InChI is InChI=1S/C12H14FNO2/c1-16-12(15)11-6-8(7-14-11)9-4-2-3-5-10(9)13/h2-5,8,11,14H,6-7H2,1H3. The molecule has 2 atom stereocenters. The molecule has 1 N–H and O–H groups in total. The fourth-order valence-corrected chi connectivity index (χ4v) is 2.10. The van der Waals surface area contributed by atoms with Crippen LogP contribution in [0, 0.1) is 5.82 Å². The first-order chi connectivity index (χ1) is 7.72. The summed E-state index contributed by atoms with van der Waals surface area (Å²) >= 11 is 0. The monoisotopic (exact) mass is 223 g/mol. The molecule has 1 saturated heterocycles. The van der Waals surface area contributed by atoms with Crippen LogP contribution in [0.25, 0.3) is 0 Å².